The van der Waals surface area contributed by atoms with Crippen LogP contribution in [0.15, 0.2) is 91.0 Å². The molecule has 4 heteroatoms. The third kappa shape index (κ3) is 4.75. The van der Waals surface area contributed by atoms with E-state index in [-0.39, 0.29) is 18.3 Å². The van der Waals surface area contributed by atoms with Crippen LogP contribution in [0.3, 0.4) is 0 Å². The van der Waals surface area contributed by atoms with Gasteiger partial charge in [0.05, 0.1) is 12.5 Å². The van der Waals surface area contributed by atoms with Gasteiger partial charge in [-0.1, -0.05) is 104 Å². The second-order valence-electron chi connectivity index (χ2n) is 8.50. The Labute approximate surface area is 189 Å². The van der Waals surface area contributed by atoms with Crippen molar-refractivity contribution < 1.29 is 14.3 Å². The first-order chi connectivity index (χ1) is 15.6. The molecule has 1 amide bonds. The predicted molar refractivity (Wildman–Crippen MR) is 125 cm³/mol. The Bertz CT molecular complexity index is 933. The van der Waals surface area contributed by atoms with Crippen LogP contribution in [0.1, 0.15) is 42.4 Å². The van der Waals surface area contributed by atoms with E-state index in [1.54, 1.807) is 0 Å². The van der Waals surface area contributed by atoms with Gasteiger partial charge in [-0.2, -0.15) is 0 Å². The number of hydrogen-bond acceptors (Lipinski definition) is 3. The minimum Gasteiger partial charge on any atom is -0.467 e. The Morgan fingerprint density at radius 1 is 0.844 bits per heavy atom. The lowest BCUT2D eigenvalue weighted by atomic mass is 9.67. The average Bonchev–Trinajstić information content (AvgIpc) is 3.67. The SMILES string of the molecule is COC(=O)[C@@H](CC1CC1)NC(=O)CC(c1ccccc1)(c1ccccc1)c1ccccc1. The first kappa shape index (κ1) is 21.8. The summed E-state index contributed by atoms with van der Waals surface area (Å²) >= 11 is 0. The molecule has 0 radical (unpaired) electrons. The minimum atomic E-state index is -0.686. The lowest BCUT2D eigenvalue weighted by Gasteiger charge is -2.36. The molecule has 1 N–H and O–H groups in total. The van der Waals surface area contributed by atoms with E-state index < -0.39 is 11.5 Å². The number of carbonyl (C=O) groups excluding carboxylic acids is 2. The molecule has 164 valence electrons. The van der Waals surface area contributed by atoms with E-state index in [0.29, 0.717) is 12.3 Å². The third-order valence-corrected chi connectivity index (χ3v) is 6.31. The number of methoxy groups -OCH3 is 1. The number of esters is 1. The average molecular weight is 428 g/mol. The number of hydrogen-bond donors (Lipinski definition) is 1. The van der Waals surface area contributed by atoms with Crippen molar-refractivity contribution in [1.82, 2.24) is 5.32 Å². The maximum atomic E-state index is 13.5. The smallest absolute Gasteiger partial charge is 0.328 e. The second kappa shape index (κ2) is 9.82. The largest absolute Gasteiger partial charge is 0.467 e. The van der Waals surface area contributed by atoms with E-state index >= 15 is 0 Å². The van der Waals surface area contributed by atoms with Gasteiger partial charge in [0.25, 0.3) is 0 Å². The summed E-state index contributed by atoms with van der Waals surface area (Å²) in [6.45, 7) is 0. The van der Waals surface area contributed by atoms with Gasteiger partial charge in [-0.05, 0) is 29.0 Å². The Morgan fingerprint density at radius 2 is 1.28 bits per heavy atom. The molecule has 4 nitrogen and oxygen atoms in total. The van der Waals surface area contributed by atoms with Crippen LogP contribution < -0.4 is 5.32 Å². The molecule has 0 unspecified atom stereocenters. The van der Waals surface area contributed by atoms with Crippen molar-refractivity contribution in [2.45, 2.75) is 37.1 Å². The molecule has 0 spiro atoms. The molecule has 1 atom stereocenters. The molecule has 0 aliphatic heterocycles. The molecular weight excluding hydrogens is 398 g/mol. The number of amides is 1. The van der Waals surface area contributed by atoms with Crippen molar-refractivity contribution in [1.29, 1.82) is 0 Å². The van der Waals surface area contributed by atoms with Crippen LogP contribution in [0.25, 0.3) is 0 Å². The summed E-state index contributed by atoms with van der Waals surface area (Å²) in [5.74, 6) is -0.0610. The normalized spacial score (nSPS) is 14.4. The molecule has 4 rings (SSSR count). The molecule has 0 heterocycles. The maximum absolute atomic E-state index is 13.5. The van der Waals surface area contributed by atoms with Crippen LogP contribution in [-0.4, -0.2) is 25.0 Å². The highest BCUT2D eigenvalue weighted by Gasteiger charge is 2.39. The van der Waals surface area contributed by atoms with Crippen LogP contribution in [0.5, 0.6) is 0 Å². The van der Waals surface area contributed by atoms with Crippen molar-refractivity contribution in [2.75, 3.05) is 7.11 Å². The van der Waals surface area contributed by atoms with Crippen LogP contribution in [-0.2, 0) is 19.7 Å². The van der Waals surface area contributed by atoms with Crippen molar-refractivity contribution >= 4 is 11.9 Å². The van der Waals surface area contributed by atoms with Gasteiger partial charge in [-0.15, -0.1) is 0 Å². The molecular formula is C28H29NO3. The molecule has 0 saturated heterocycles. The first-order valence-electron chi connectivity index (χ1n) is 11.2. The Kier molecular flexibility index (Phi) is 6.69. The van der Waals surface area contributed by atoms with E-state index in [1.807, 2.05) is 54.6 Å². The van der Waals surface area contributed by atoms with Gasteiger partial charge < -0.3 is 10.1 Å². The molecule has 3 aromatic rings. The van der Waals surface area contributed by atoms with Crippen LogP contribution >= 0.6 is 0 Å². The summed E-state index contributed by atoms with van der Waals surface area (Å²) in [6, 6.07) is 29.7. The molecule has 1 aliphatic rings. The molecule has 3 aromatic carbocycles. The summed E-state index contributed by atoms with van der Waals surface area (Å²) < 4.78 is 4.97. The van der Waals surface area contributed by atoms with Crippen molar-refractivity contribution in [3.63, 3.8) is 0 Å². The number of carbonyl (C=O) groups is 2. The van der Waals surface area contributed by atoms with E-state index in [1.165, 1.54) is 7.11 Å². The minimum absolute atomic E-state index is 0.169. The monoisotopic (exact) mass is 427 g/mol. The second-order valence-corrected chi connectivity index (χ2v) is 8.50. The highest BCUT2D eigenvalue weighted by molar-refractivity contribution is 5.86. The Hall–Kier alpha value is -3.40. The zero-order valence-corrected chi connectivity index (χ0v) is 18.4. The molecule has 1 saturated carbocycles. The van der Waals surface area contributed by atoms with Gasteiger partial charge in [-0.25, -0.2) is 4.79 Å². The molecule has 1 fully saturated rings. The fourth-order valence-corrected chi connectivity index (χ4v) is 4.50. The number of nitrogens with one attached hydrogen (secondary N) is 1. The Morgan fingerprint density at radius 3 is 1.66 bits per heavy atom. The molecule has 0 bridgehead atoms. The van der Waals surface area contributed by atoms with Crippen molar-refractivity contribution in [3.05, 3.63) is 108 Å². The lowest BCUT2D eigenvalue weighted by Crippen LogP contribution is -2.45. The van der Waals surface area contributed by atoms with Crippen LogP contribution in [0.2, 0.25) is 0 Å². The van der Waals surface area contributed by atoms with Gasteiger partial charge in [0, 0.05) is 6.42 Å². The summed E-state index contributed by atoms with van der Waals surface area (Å²) in [7, 11) is 1.37. The highest BCUT2D eigenvalue weighted by atomic mass is 16.5. The van der Waals surface area contributed by atoms with Crippen LogP contribution in [0, 0.1) is 5.92 Å². The highest BCUT2D eigenvalue weighted by Crippen LogP contribution is 2.42. The first-order valence-corrected chi connectivity index (χ1v) is 11.2. The van der Waals surface area contributed by atoms with Crippen molar-refractivity contribution in [2.24, 2.45) is 5.92 Å². The lowest BCUT2D eigenvalue weighted by molar-refractivity contribution is -0.145. The van der Waals surface area contributed by atoms with Crippen LogP contribution in [0.4, 0.5) is 0 Å². The van der Waals surface area contributed by atoms with Crippen molar-refractivity contribution in [3.8, 4) is 0 Å². The van der Waals surface area contributed by atoms with Gasteiger partial charge >= 0.3 is 5.97 Å². The summed E-state index contributed by atoms with van der Waals surface area (Å²) in [5, 5.41) is 2.99. The summed E-state index contributed by atoms with van der Waals surface area (Å²) in [4.78, 5) is 25.8. The zero-order valence-electron chi connectivity index (χ0n) is 18.4. The molecule has 0 aromatic heterocycles. The number of ether oxygens (including phenoxy) is 1. The predicted octanol–water partition coefficient (Wildman–Crippen LogP) is 4.87. The fourth-order valence-electron chi connectivity index (χ4n) is 4.50. The van der Waals surface area contributed by atoms with E-state index in [0.717, 1.165) is 29.5 Å². The van der Waals surface area contributed by atoms with Gasteiger partial charge in [0.2, 0.25) is 5.91 Å². The van der Waals surface area contributed by atoms with Gasteiger partial charge in [0.1, 0.15) is 6.04 Å². The Balaban J connectivity index is 1.75. The van der Waals surface area contributed by atoms with Gasteiger partial charge in [-0.3, -0.25) is 4.79 Å². The van der Waals surface area contributed by atoms with E-state index in [4.69, 9.17) is 4.74 Å². The third-order valence-electron chi connectivity index (χ3n) is 6.31. The zero-order chi connectivity index (χ0) is 22.4. The van der Waals surface area contributed by atoms with E-state index in [2.05, 4.69) is 41.7 Å². The fraction of sp³-hybridized carbons (Fsp3) is 0.286. The maximum Gasteiger partial charge on any atom is 0.328 e. The van der Waals surface area contributed by atoms with Gasteiger partial charge in [0.15, 0.2) is 0 Å². The molecule has 32 heavy (non-hydrogen) atoms. The van der Waals surface area contributed by atoms with E-state index in [9.17, 15) is 9.59 Å². The number of benzene rings is 3. The number of rotatable bonds is 9. The quantitative estimate of drug-likeness (QED) is 0.392. The summed E-state index contributed by atoms with van der Waals surface area (Å²) in [5.41, 5.74) is 2.41. The summed E-state index contributed by atoms with van der Waals surface area (Å²) in [6.07, 6.45) is 3.02. The standard InChI is InChI=1S/C28H29NO3/c1-32-27(31)25(19-21-17-18-21)29-26(30)20-28(22-11-5-2-6-12-22,23-13-7-3-8-14-23)24-15-9-4-10-16-24/h2-16,21,25H,17-20H2,1H3,(H,29,30)/t25-/m1/s1. The molecule has 1 aliphatic carbocycles. The topological polar surface area (TPSA) is 55.4 Å².